The Labute approximate surface area is 196 Å². The summed E-state index contributed by atoms with van der Waals surface area (Å²) in [4.78, 5) is 32.2. The predicted octanol–water partition coefficient (Wildman–Crippen LogP) is 4.40. The third-order valence-corrected chi connectivity index (χ3v) is 6.34. The lowest BCUT2D eigenvalue weighted by Crippen LogP contribution is -2.45. The fraction of sp³-hybridized carbons (Fsp3) is 0.400. The number of carbonyl (C=O) groups is 2. The number of likely N-dealkylation sites (tertiary alicyclic amines) is 1. The highest BCUT2D eigenvalue weighted by atomic mass is 19.2. The summed E-state index contributed by atoms with van der Waals surface area (Å²) in [5.74, 6) is -1.92. The van der Waals surface area contributed by atoms with Crippen LogP contribution in [0.3, 0.4) is 0 Å². The van der Waals surface area contributed by atoms with Crippen molar-refractivity contribution in [2.45, 2.75) is 32.7 Å². The molecule has 3 aromatic rings. The van der Waals surface area contributed by atoms with Gasteiger partial charge in [-0.25, -0.2) is 13.8 Å². The minimum atomic E-state index is -0.980. The quantitative estimate of drug-likeness (QED) is 0.580. The number of ether oxygens (including phenoxy) is 1. The summed E-state index contributed by atoms with van der Waals surface area (Å²) < 4.78 is 34.4. The first kappa shape index (κ1) is 23.7. The smallest absolute Gasteiger partial charge is 0.245 e. The summed E-state index contributed by atoms with van der Waals surface area (Å²) in [6.45, 7) is 4.67. The van der Waals surface area contributed by atoms with E-state index in [4.69, 9.17) is 4.74 Å². The number of para-hydroxylation sites is 2. The molecule has 34 heavy (non-hydrogen) atoms. The van der Waals surface area contributed by atoms with Crippen LogP contribution in [0.5, 0.6) is 5.75 Å². The molecule has 0 bridgehead atoms. The second-order valence-electron chi connectivity index (χ2n) is 8.88. The molecule has 1 fully saturated rings. The van der Waals surface area contributed by atoms with Crippen LogP contribution in [0.15, 0.2) is 42.7 Å². The Balaban J connectivity index is 1.45. The molecule has 0 spiro atoms. The predicted molar refractivity (Wildman–Crippen MR) is 124 cm³/mol. The zero-order valence-corrected chi connectivity index (χ0v) is 19.4. The molecule has 7 nitrogen and oxygen atoms in total. The van der Waals surface area contributed by atoms with Crippen molar-refractivity contribution in [1.82, 2.24) is 14.5 Å². The summed E-state index contributed by atoms with van der Waals surface area (Å²) >= 11 is 0. The summed E-state index contributed by atoms with van der Waals surface area (Å²) in [5.41, 5.74) is 1.28. The number of nitrogens with one attached hydrogen (secondary N) is 1. The Morgan fingerprint density at radius 3 is 2.47 bits per heavy atom. The van der Waals surface area contributed by atoms with Gasteiger partial charge in [-0.15, -0.1) is 0 Å². The number of imidazole rings is 1. The maximum absolute atomic E-state index is 13.9. The number of hydrogen-bond acceptors (Lipinski definition) is 4. The molecule has 0 saturated carbocycles. The molecular weight excluding hydrogens is 442 g/mol. The first-order chi connectivity index (χ1) is 16.3. The van der Waals surface area contributed by atoms with E-state index >= 15 is 0 Å². The molecule has 1 aliphatic heterocycles. The van der Waals surface area contributed by atoms with E-state index < -0.39 is 17.7 Å². The van der Waals surface area contributed by atoms with Crippen LogP contribution in [0.4, 0.5) is 14.5 Å². The van der Waals surface area contributed by atoms with Crippen LogP contribution in [-0.2, 0) is 9.59 Å². The van der Waals surface area contributed by atoms with Crippen molar-refractivity contribution in [2.24, 2.45) is 11.8 Å². The standard InChI is InChI=1S/C25H28F2N4O3/c1-15(2)23(31-14-28-20-12-17(26)18(27)13-21(20)31)25(33)30-10-8-16(9-11-30)24(32)29-19-6-4-5-7-22(19)34-3/h4-7,12-16,23H,8-11H2,1-3H3,(H,29,32). The van der Waals surface area contributed by atoms with E-state index in [1.165, 1.54) is 6.33 Å². The van der Waals surface area contributed by atoms with Gasteiger partial charge in [0, 0.05) is 31.1 Å². The largest absolute Gasteiger partial charge is 0.495 e. The first-order valence-electron chi connectivity index (χ1n) is 11.3. The number of piperidine rings is 1. The molecule has 1 aliphatic rings. The molecule has 4 rings (SSSR count). The Hall–Kier alpha value is -3.49. The number of benzene rings is 2. The van der Waals surface area contributed by atoms with Gasteiger partial charge in [-0.2, -0.15) is 0 Å². The lowest BCUT2D eigenvalue weighted by Gasteiger charge is -2.35. The number of amides is 2. The zero-order chi connectivity index (χ0) is 24.4. The van der Waals surface area contributed by atoms with E-state index in [1.807, 2.05) is 26.0 Å². The molecular formula is C25H28F2N4O3. The van der Waals surface area contributed by atoms with Gasteiger partial charge in [-0.1, -0.05) is 26.0 Å². The molecule has 0 aliphatic carbocycles. The monoisotopic (exact) mass is 470 g/mol. The molecule has 1 aromatic heterocycles. The van der Waals surface area contributed by atoms with Gasteiger partial charge in [0.1, 0.15) is 11.8 Å². The molecule has 180 valence electrons. The molecule has 2 aromatic carbocycles. The van der Waals surface area contributed by atoms with Crippen molar-refractivity contribution in [3.8, 4) is 5.75 Å². The second-order valence-corrected chi connectivity index (χ2v) is 8.88. The number of nitrogens with zero attached hydrogens (tertiary/aromatic N) is 3. The van der Waals surface area contributed by atoms with E-state index in [0.717, 1.165) is 12.1 Å². The van der Waals surface area contributed by atoms with Gasteiger partial charge in [0.2, 0.25) is 11.8 Å². The van der Waals surface area contributed by atoms with Gasteiger partial charge >= 0.3 is 0 Å². The third kappa shape index (κ3) is 4.60. The zero-order valence-electron chi connectivity index (χ0n) is 19.4. The Kier molecular flexibility index (Phi) is 6.81. The van der Waals surface area contributed by atoms with Crippen molar-refractivity contribution in [1.29, 1.82) is 0 Å². The van der Waals surface area contributed by atoms with Crippen LogP contribution >= 0.6 is 0 Å². The molecule has 2 heterocycles. The van der Waals surface area contributed by atoms with Crippen molar-refractivity contribution in [3.63, 3.8) is 0 Å². The number of halogens is 2. The van der Waals surface area contributed by atoms with E-state index in [2.05, 4.69) is 10.3 Å². The highest BCUT2D eigenvalue weighted by Crippen LogP contribution is 2.30. The maximum atomic E-state index is 13.9. The van der Waals surface area contributed by atoms with Crippen molar-refractivity contribution in [2.75, 3.05) is 25.5 Å². The molecule has 0 radical (unpaired) electrons. The van der Waals surface area contributed by atoms with Crippen LogP contribution in [-0.4, -0.2) is 46.5 Å². The number of carbonyl (C=O) groups excluding carboxylic acids is 2. The molecule has 1 N–H and O–H groups in total. The van der Waals surface area contributed by atoms with Gasteiger partial charge in [0.15, 0.2) is 11.6 Å². The second kappa shape index (κ2) is 9.79. The minimum Gasteiger partial charge on any atom is -0.495 e. The van der Waals surface area contributed by atoms with Gasteiger partial charge in [0.25, 0.3) is 0 Å². The number of hydrogen-bond donors (Lipinski definition) is 1. The Morgan fingerprint density at radius 1 is 1.12 bits per heavy atom. The molecule has 2 amide bonds. The van der Waals surface area contributed by atoms with E-state index in [-0.39, 0.29) is 23.7 Å². The van der Waals surface area contributed by atoms with Gasteiger partial charge in [-0.3, -0.25) is 9.59 Å². The van der Waals surface area contributed by atoms with Crippen LogP contribution < -0.4 is 10.1 Å². The van der Waals surface area contributed by atoms with Crippen molar-refractivity contribution < 1.29 is 23.1 Å². The Morgan fingerprint density at radius 2 is 1.79 bits per heavy atom. The number of fused-ring (bicyclic) bond motifs is 1. The SMILES string of the molecule is COc1ccccc1NC(=O)C1CCN(C(=O)C(C(C)C)n2cnc3cc(F)c(F)cc32)CC1. The molecule has 1 unspecified atom stereocenters. The van der Waals surface area contributed by atoms with E-state index in [9.17, 15) is 18.4 Å². The highest BCUT2D eigenvalue weighted by Gasteiger charge is 2.34. The summed E-state index contributed by atoms with van der Waals surface area (Å²) in [5, 5.41) is 2.92. The Bertz CT molecular complexity index is 1200. The highest BCUT2D eigenvalue weighted by molar-refractivity contribution is 5.94. The molecule has 1 atom stereocenters. The van der Waals surface area contributed by atoms with Crippen LogP contribution in [0, 0.1) is 23.5 Å². The molecule has 9 heteroatoms. The third-order valence-electron chi connectivity index (χ3n) is 6.34. The fourth-order valence-corrected chi connectivity index (χ4v) is 4.50. The van der Waals surface area contributed by atoms with Gasteiger partial charge in [0.05, 0.1) is 30.2 Å². The number of anilines is 1. The average Bonchev–Trinajstić information content (AvgIpc) is 3.21. The lowest BCUT2D eigenvalue weighted by molar-refractivity contribution is -0.138. The number of aromatic nitrogens is 2. The first-order valence-corrected chi connectivity index (χ1v) is 11.3. The van der Waals surface area contributed by atoms with Crippen molar-refractivity contribution >= 4 is 28.5 Å². The molecule has 1 saturated heterocycles. The number of methoxy groups -OCH3 is 1. The summed E-state index contributed by atoms with van der Waals surface area (Å²) in [6.07, 6.45) is 2.52. The average molecular weight is 471 g/mol. The summed E-state index contributed by atoms with van der Waals surface area (Å²) in [7, 11) is 1.55. The lowest BCUT2D eigenvalue weighted by atomic mass is 9.94. The number of rotatable bonds is 6. The van der Waals surface area contributed by atoms with E-state index in [0.29, 0.717) is 48.4 Å². The van der Waals surface area contributed by atoms with Gasteiger partial charge < -0.3 is 19.5 Å². The van der Waals surface area contributed by atoms with Crippen LogP contribution in [0.25, 0.3) is 11.0 Å². The van der Waals surface area contributed by atoms with Crippen LogP contribution in [0.2, 0.25) is 0 Å². The maximum Gasteiger partial charge on any atom is 0.245 e. The van der Waals surface area contributed by atoms with Gasteiger partial charge in [-0.05, 0) is 30.9 Å². The topological polar surface area (TPSA) is 76.5 Å². The normalized spacial score (nSPS) is 15.5. The van der Waals surface area contributed by atoms with Crippen molar-refractivity contribution in [3.05, 3.63) is 54.4 Å². The summed E-state index contributed by atoms with van der Waals surface area (Å²) in [6, 6.07) is 8.72. The minimum absolute atomic E-state index is 0.102. The van der Waals surface area contributed by atoms with E-state index in [1.54, 1.807) is 28.7 Å². The fourth-order valence-electron chi connectivity index (χ4n) is 4.50. The van der Waals surface area contributed by atoms with Crippen LogP contribution in [0.1, 0.15) is 32.7 Å².